The summed E-state index contributed by atoms with van der Waals surface area (Å²) in [5.41, 5.74) is 0. The fourth-order valence-corrected chi connectivity index (χ4v) is 1.14. The molecule has 0 aromatic heterocycles. The van der Waals surface area contributed by atoms with E-state index in [1.54, 1.807) is 0 Å². The first-order chi connectivity index (χ1) is 6.49. The summed E-state index contributed by atoms with van der Waals surface area (Å²) < 4.78 is 4.05. The molecule has 1 unspecified atom stereocenters. The van der Waals surface area contributed by atoms with E-state index in [1.807, 2.05) is 0 Å². The molecular formula is C8H6O6. The van der Waals surface area contributed by atoms with Crippen LogP contribution in [0.15, 0.2) is 0 Å². The lowest BCUT2D eigenvalue weighted by atomic mass is 10.0. The van der Waals surface area contributed by atoms with Crippen LogP contribution < -0.4 is 0 Å². The maximum Gasteiger partial charge on any atom is 0.375 e. The van der Waals surface area contributed by atoms with Gasteiger partial charge < -0.3 is 4.74 Å². The Morgan fingerprint density at radius 2 is 1.86 bits per heavy atom. The van der Waals surface area contributed by atoms with Gasteiger partial charge in [-0.2, -0.15) is 0 Å². The van der Waals surface area contributed by atoms with E-state index >= 15 is 0 Å². The fourth-order valence-electron chi connectivity index (χ4n) is 1.14. The molecule has 1 fully saturated rings. The minimum absolute atomic E-state index is 0.605. The predicted molar refractivity (Wildman–Crippen MR) is 40.2 cm³/mol. The van der Waals surface area contributed by atoms with Crippen LogP contribution in [0.1, 0.15) is 6.42 Å². The van der Waals surface area contributed by atoms with Crippen molar-refractivity contribution in [3.8, 4) is 0 Å². The number of methoxy groups -OCH3 is 1. The molecule has 6 nitrogen and oxygen atoms in total. The zero-order valence-corrected chi connectivity index (χ0v) is 7.23. The molecule has 1 atom stereocenters. The Balaban J connectivity index is 2.94. The number of carbonyl (C=O) groups excluding carboxylic acids is 5. The zero-order valence-electron chi connectivity index (χ0n) is 7.23. The molecule has 0 amide bonds. The van der Waals surface area contributed by atoms with E-state index in [9.17, 15) is 24.0 Å². The monoisotopic (exact) mass is 198 g/mol. The van der Waals surface area contributed by atoms with Crippen molar-refractivity contribution in [2.75, 3.05) is 7.11 Å². The summed E-state index contributed by atoms with van der Waals surface area (Å²) >= 11 is 0. The Morgan fingerprint density at radius 3 is 2.21 bits per heavy atom. The molecule has 6 heteroatoms. The highest BCUT2D eigenvalue weighted by atomic mass is 16.5. The first-order valence-corrected chi connectivity index (χ1v) is 3.71. The van der Waals surface area contributed by atoms with Crippen LogP contribution in [0.2, 0.25) is 0 Å². The van der Waals surface area contributed by atoms with E-state index in [0.29, 0.717) is 0 Å². The summed E-state index contributed by atoms with van der Waals surface area (Å²) in [4.78, 5) is 54.5. The van der Waals surface area contributed by atoms with Crippen molar-refractivity contribution in [1.29, 1.82) is 0 Å². The van der Waals surface area contributed by atoms with E-state index in [0.717, 1.165) is 7.11 Å². The number of hydrogen-bond donors (Lipinski definition) is 0. The molecule has 1 rings (SSSR count). The summed E-state index contributed by atoms with van der Waals surface area (Å²) in [7, 11) is 0.950. The first-order valence-electron chi connectivity index (χ1n) is 3.71. The van der Waals surface area contributed by atoms with Gasteiger partial charge in [0.1, 0.15) is 0 Å². The number of ketones is 4. The summed E-state index contributed by atoms with van der Waals surface area (Å²) in [6.45, 7) is 0. The van der Waals surface area contributed by atoms with Gasteiger partial charge in [-0.05, 0) is 0 Å². The summed E-state index contributed by atoms with van der Waals surface area (Å²) in [5, 5.41) is 0. The molecule has 0 radical (unpaired) electrons. The minimum atomic E-state index is -1.77. The van der Waals surface area contributed by atoms with E-state index in [-0.39, 0.29) is 0 Å². The average Bonchev–Trinajstić information content (AvgIpc) is 2.39. The Morgan fingerprint density at radius 1 is 1.29 bits per heavy atom. The largest absolute Gasteiger partial charge is 0.463 e. The van der Waals surface area contributed by atoms with Gasteiger partial charge in [-0.1, -0.05) is 0 Å². The molecule has 0 bridgehead atoms. The number of rotatable bonds is 2. The van der Waals surface area contributed by atoms with E-state index < -0.39 is 41.4 Å². The Hall–Kier alpha value is -1.85. The third kappa shape index (κ3) is 1.46. The van der Waals surface area contributed by atoms with Crippen LogP contribution in [0.5, 0.6) is 0 Å². The van der Waals surface area contributed by atoms with Crippen LogP contribution >= 0.6 is 0 Å². The van der Waals surface area contributed by atoms with E-state index in [1.165, 1.54) is 0 Å². The predicted octanol–water partition coefficient (Wildman–Crippen LogP) is -1.54. The first kappa shape index (κ1) is 10.2. The molecule has 1 aliphatic carbocycles. The van der Waals surface area contributed by atoms with Gasteiger partial charge in [0.2, 0.25) is 11.6 Å². The highest BCUT2D eigenvalue weighted by Gasteiger charge is 2.47. The van der Waals surface area contributed by atoms with Crippen molar-refractivity contribution in [2.24, 2.45) is 5.92 Å². The third-order valence-electron chi connectivity index (χ3n) is 1.84. The van der Waals surface area contributed by atoms with Gasteiger partial charge in [0.15, 0.2) is 11.7 Å². The molecule has 0 heterocycles. The molecule has 0 saturated heterocycles. The lowest BCUT2D eigenvalue weighted by Crippen LogP contribution is -2.33. The normalized spacial score (nSPS) is 21.2. The van der Waals surface area contributed by atoms with Crippen LogP contribution in [0.3, 0.4) is 0 Å². The van der Waals surface area contributed by atoms with Gasteiger partial charge in [0.05, 0.1) is 13.5 Å². The van der Waals surface area contributed by atoms with Crippen molar-refractivity contribution in [2.45, 2.75) is 6.42 Å². The SMILES string of the molecule is COC(=O)C(=O)C1C(=O)CC(=O)C1=O. The molecule has 0 aromatic rings. The number of esters is 1. The van der Waals surface area contributed by atoms with Crippen molar-refractivity contribution < 1.29 is 28.7 Å². The van der Waals surface area contributed by atoms with Gasteiger partial charge in [0, 0.05) is 0 Å². The average molecular weight is 198 g/mol. The molecule has 0 aromatic carbocycles. The lowest BCUT2D eigenvalue weighted by molar-refractivity contribution is -0.156. The zero-order chi connectivity index (χ0) is 10.9. The molecule has 14 heavy (non-hydrogen) atoms. The summed E-state index contributed by atoms with van der Waals surface area (Å²) in [6.07, 6.45) is -0.605. The van der Waals surface area contributed by atoms with Gasteiger partial charge in [0.25, 0.3) is 5.78 Å². The fraction of sp³-hybridized carbons (Fsp3) is 0.375. The molecule has 0 N–H and O–H groups in total. The van der Waals surface area contributed by atoms with Crippen LogP contribution in [-0.4, -0.2) is 36.2 Å². The molecular weight excluding hydrogens is 192 g/mol. The van der Waals surface area contributed by atoms with E-state index in [4.69, 9.17) is 0 Å². The Bertz CT molecular complexity index is 353. The van der Waals surface area contributed by atoms with Crippen LogP contribution in [0.4, 0.5) is 0 Å². The highest BCUT2D eigenvalue weighted by molar-refractivity contribution is 6.59. The van der Waals surface area contributed by atoms with Crippen LogP contribution in [0.25, 0.3) is 0 Å². The number of Topliss-reactive ketones (excluding diaryl/α,β-unsaturated/α-hetero) is 4. The van der Waals surface area contributed by atoms with Crippen LogP contribution in [0, 0.1) is 5.92 Å². The Kier molecular flexibility index (Phi) is 2.55. The second-order valence-electron chi connectivity index (χ2n) is 2.72. The minimum Gasteiger partial charge on any atom is -0.463 e. The standard InChI is InChI=1S/C8H6O6/c1-14-8(13)7(12)5-3(9)2-4(10)6(5)11/h5H,2H2,1H3. The topological polar surface area (TPSA) is 94.6 Å². The quantitative estimate of drug-likeness (QED) is 0.303. The van der Waals surface area contributed by atoms with Gasteiger partial charge in [-0.3, -0.25) is 19.2 Å². The second-order valence-corrected chi connectivity index (χ2v) is 2.72. The van der Waals surface area contributed by atoms with Gasteiger partial charge in [-0.15, -0.1) is 0 Å². The number of hydrogen-bond acceptors (Lipinski definition) is 6. The van der Waals surface area contributed by atoms with Crippen LogP contribution in [-0.2, 0) is 28.7 Å². The van der Waals surface area contributed by atoms with Gasteiger partial charge >= 0.3 is 5.97 Å². The summed E-state index contributed by atoms with van der Waals surface area (Å²) in [6, 6.07) is 0. The van der Waals surface area contributed by atoms with Crippen molar-refractivity contribution >= 4 is 29.1 Å². The molecule has 74 valence electrons. The van der Waals surface area contributed by atoms with Gasteiger partial charge in [-0.25, -0.2) is 4.79 Å². The Labute approximate surface area is 78.2 Å². The molecule has 1 saturated carbocycles. The lowest BCUT2D eigenvalue weighted by Gasteiger charge is -2.01. The second kappa shape index (κ2) is 3.49. The maximum atomic E-state index is 11.1. The van der Waals surface area contributed by atoms with E-state index in [2.05, 4.69) is 4.74 Å². The highest BCUT2D eigenvalue weighted by Crippen LogP contribution is 2.16. The molecule has 0 aliphatic heterocycles. The smallest absolute Gasteiger partial charge is 0.375 e. The van der Waals surface area contributed by atoms with Crippen molar-refractivity contribution in [3.05, 3.63) is 0 Å². The molecule has 0 spiro atoms. The third-order valence-corrected chi connectivity index (χ3v) is 1.84. The number of ether oxygens (including phenoxy) is 1. The summed E-state index contributed by atoms with van der Waals surface area (Å²) in [5.74, 6) is -7.22. The van der Waals surface area contributed by atoms with Crippen molar-refractivity contribution in [3.63, 3.8) is 0 Å². The van der Waals surface area contributed by atoms with Crippen molar-refractivity contribution in [1.82, 2.24) is 0 Å². The maximum absolute atomic E-state index is 11.1. The number of carbonyl (C=O) groups is 5. The molecule has 1 aliphatic rings.